The van der Waals surface area contributed by atoms with Gasteiger partial charge in [-0.2, -0.15) is 0 Å². The van der Waals surface area contributed by atoms with E-state index in [1.807, 2.05) is 20.8 Å². The van der Waals surface area contributed by atoms with Crippen LogP contribution in [-0.4, -0.2) is 11.6 Å². The second-order valence-corrected chi connectivity index (χ2v) is 7.31. The van der Waals surface area contributed by atoms with Crippen LogP contribution >= 0.6 is 0 Å². The average molecular weight is 252 g/mol. The van der Waals surface area contributed by atoms with E-state index in [0.29, 0.717) is 5.92 Å². The molecule has 2 aliphatic rings. The fourth-order valence-electron chi connectivity index (χ4n) is 3.98. The molecule has 2 heteroatoms. The predicted molar refractivity (Wildman–Crippen MR) is 73.2 cm³/mol. The van der Waals surface area contributed by atoms with Gasteiger partial charge >= 0.3 is 5.97 Å². The molecular weight excluding hydrogens is 224 g/mol. The van der Waals surface area contributed by atoms with Gasteiger partial charge in [0, 0.05) is 0 Å². The molecule has 0 aliphatic heterocycles. The molecule has 2 nitrogen and oxygen atoms in total. The first-order valence-corrected chi connectivity index (χ1v) is 7.61. The largest absolute Gasteiger partial charge is 0.460 e. The quantitative estimate of drug-likeness (QED) is 0.654. The Morgan fingerprint density at radius 2 is 1.61 bits per heavy atom. The summed E-state index contributed by atoms with van der Waals surface area (Å²) in [7, 11) is 0. The van der Waals surface area contributed by atoms with E-state index >= 15 is 0 Å². The minimum atomic E-state index is -0.343. The molecule has 0 bridgehead atoms. The van der Waals surface area contributed by atoms with Crippen molar-refractivity contribution in [2.24, 2.45) is 23.7 Å². The van der Waals surface area contributed by atoms with Crippen LogP contribution in [0.15, 0.2) is 0 Å². The van der Waals surface area contributed by atoms with Crippen molar-refractivity contribution < 1.29 is 9.53 Å². The smallest absolute Gasteiger partial charge is 0.309 e. The maximum Gasteiger partial charge on any atom is 0.309 e. The van der Waals surface area contributed by atoms with Gasteiger partial charge in [0.2, 0.25) is 0 Å². The molecule has 18 heavy (non-hydrogen) atoms. The molecule has 0 radical (unpaired) electrons. The van der Waals surface area contributed by atoms with Gasteiger partial charge in [-0.1, -0.05) is 26.2 Å². The third kappa shape index (κ3) is 3.07. The minimum absolute atomic E-state index is 0.0614. The number of hydrogen-bond acceptors (Lipinski definition) is 2. The normalized spacial score (nSPS) is 36.9. The highest BCUT2D eigenvalue weighted by Gasteiger charge is 2.42. The lowest BCUT2D eigenvalue weighted by Crippen LogP contribution is -2.41. The zero-order chi connectivity index (χ0) is 13.3. The monoisotopic (exact) mass is 252 g/mol. The zero-order valence-corrected chi connectivity index (χ0v) is 12.4. The van der Waals surface area contributed by atoms with Gasteiger partial charge in [-0.25, -0.2) is 0 Å². The summed E-state index contributed by atoms with van der Waals surface area (Å²) in [5.41, 5.74) is -0.343. The van der Waals surface area contributed by atoms with Gasteiger partial charge in [0.1, 0.15) is 5.60 Å². The van der Waals surface area contributed by atoms with Crippen LogP contribution in [0.25, 0.3) is 0 Å². The van der Waals surface area contributed by atoms with Gasteiger partial charge in [-0.3, -0.25) is 4.79 Å². The molecule has 2 saturated carbocycles. The van der Waals surface area contributed by atoms with E-state index in [4.69, 9.17) is 4.74 Å². The van der Waals surface area contributed by atoms with Crippen molar-refractivity contribution in [3.8, 4) is 0 Å². The van der Waals surface area contributed by atoms with Crippen LogP contribution in [0.1, 0.15) is 66.2 Å². The van der Waals surface area contributed by atoms with Gasteiger partial charge in [0.15, 0.2) is 0 Å². The van der Waals surface area contributed by atoms with Gasteiger partial charge in [-0.05, 0) is 57.8 Å². The molecule has 0 spiro atoms. The molecule has 2 rings (SSSR count). The Kier molecular flexibility index (Phi) is 4.03. The Labute approximate surface area is 111 Å². The Hall–Kier alpha value is -0.530. The number of carbonyl (C=O) groups excluding carboxylic acids is 1. The van der Waals surface area contributed by atoms with Crippen molar-refractivity contribution >= 4 is 5.97 Å². The Balaban J connectivity index is 2.05. The molecule has 0 aromatic heterocycles. The van der Waals surface area contributed by atoms with Gasteiger partial charge in [0.05, 0.1) is 5.92 Å². The Bertz CT molecular complexity index is 303. The first kappa shape index (κ1) is 13.9. The zero-order valence-electron chi connectivity index (χ0n) is 12.4. The third-order valence-corrected chi connectivity index (χ3v) is 4.76. The average Bonchev–Trinajstić information content (AvgIpc) is 2.26. The lowest BCUT2D eigenvalue weighted by atomic mass is 9.62. The molecule has 0 saturated heterocycles. The Morgan fingerprint density at radius 1 is 1.00 bits per heavy atom. The summed E-state index contributed by atoms with van der Waals surface area (Å²) >= 11 is 0. The molecule has 0 aromatic rings. The van der Waals surface area contributed by atoms with Crippen molar-refractivity contribution in [3.63, 3.8) is 0 Å². The van der Waals surface area contributed by atoms with E-state index in [0.717, 1.165) is 18.3 Å². The van der Waals surface area contributed by atoms with Gasteiger partial charge in [0.25, 0.3) is 0 Å². The van der Waals surface area contributed by atoms with Crippen LogP contribution in [0.4, 0.5) is 0 Å². The van der Waals surface area contributed by atoms with Crippen LogP contribution in [0.3, 0.4) is 0 Å². The summed E-state index contributed by atoms with van der Waals surface area (Å²) in [5, 5.41) is 0. The highest BCUT2D eigenvalue weighted by atomic mass is 16.6. The predicted octanol–water partition coefficient (Wildman–Crippen LogP) is 4.18. The SMILES string of the molecule is CC1CCCC2C(C(=O)OC(C)(C)C)CCCC12. The van der Waals surface area contributed by atoms with Crippen LogP contribution in [0, 0.1) is 23.7 Å². The lowest BCUT2D eigenvalue weighted by Gasteiger charge is -2.44. The molecule has 0 amide bonds. The fourth-order valence-corrected chi connectivity index (χ4v) is 3.98. The van der Waals surface area contributed by atoms with Gasteiger partial charge < -0.3 is 4.74 Å². The summed E-state index contributed by atoms with van der Waals surface area (Å²) in [4.78, 5) is 12.4. The molecule has 2 fully saturated rings. The topological polar surface area (TPSA) is 26.3 Å². The number of carbonyl (C=O) groups is 1. The molecule has 4 unspecified atom stereocenters. The van der Waals surface area contributed by atoms with Crippen molar-refractivity contribution in [3.05, 3.63) is 0 Å². The molecular formula is C16H28O2. The van der Waals surface area contributed by atoms with Gasteiger partial charge in [-0.15, -0.1) is 0 Å². The first-order chi connectivity index (χ1) is 8.38. The maximum atomic E-state index is 12.4. The van der Waals surface area contributed by atoms with Crippen LogP contribution < -0.4 is 0 Å². The van der Waals surface area contributed by atoms with Crippen molar-refractivity contribution in [2.75, 3.05) is 0 Å². The third-order valence-electron chi connectivity index (χ3n) is 4.76. The standard InChI is InChI=1S/C16H28O2/c1-11-7-5-9-13-12(11)8-6-10-14(13)15(17)18-16(2,3)4/h11-14H,5-10H2,1-4H3. The van der Waals surface area contributed by atoms with Crippen molar-refractivity contribution in [1.29, 1.82) is 0 Å². The number of rotatable bonds is 1. The van der Waals surface area contributed by atoms with E-state index in [9.17, 15) is 4.79 Å². The van der Waals surface area contributed by atoms with E-state index in [1.54, 1.807) is 0 Å². The molecule has 4 atom stereocenters. The van der Waals surface area contributed by atoms with Crippen LogP contribution in [-0.2, 0) is 9.53 Å². The molecule has 0 aromatic carbocycles. The van der Waals surface area contributed by atoms with Crippen molar-refractivity contribution in [1.82, 2.24) is 0 Å². The molecule has 0 heterocycles. The molecule has 0 N–H and O–H groups in total. The van der Waals surface area contributed by atoms with E-state index in [-0.39, 0.29) is 17.5 Å². The Morgan fingerprint density at radius 3 is 2.28 bits per heavy atom. The summed E-state index contributed by atoms with van der Waals surface area (Å²) in [6, 6.07) is 0. The van der Waals surface area contributed by atoms with Crippen molar-refractivity contribution in [2.45, 2.75) is 71.8 Å². The molecule has 104 valence electrons. The first-order valence-electron chi connectivity index (χ1n) is 7.61. The molecule has 2 aliphatic carbocycles. The second kappa shape index (κ2) is 5.22. The van der Waals surface area contributed by atoms with E-state index in [1.165, 1.54) is 32.1 Å². The fraction of sp³-hybridized carbons (Fsp3) is 0.938. The maximum absolute atomic E-state index is 12.4. The van der Waals surface area contributed by atoms with Crippen LogP contribution in [0.5, 0.6) is 0 Å². The number of esters is 1. The minimum Gasteiger partial charge on any atom is -0.460 e. The van der Waals surface area contributed by atoms with E-state index in [2.05, 4.69) is 6.92 Å². The number of hydrogen-bond donors (Lipinski definition) is 0. The summed E-state index contributed by atoms with van der Waals surface area (Å²) in [5.74, 6) is 2.40. The van der Waals surface area contributed by atoms with E-state index < -0.39 is 0 Å². The highest BCUT2D eigenvalue weighted by Crippen LogP contribution is 2.47. The number of ether oxygens (including phenoxy) is 1. The highest BCUT2D eigenvalue weighted by molar-refractivity contribution is 5.73. The number of fused-ring (bicyclic) bond motifs is 1. The summed E-state index contributed by atoms with van der Waals surface area (Å²) in [6.07, 6.45) is 7.45. The second-order valence-electron chi connectivity index (χ2n) is 7.31. The van der Waals surface area contributed by atoms with Crippen LogP contribution in [0.2, 0.25) is 0 Å². The summed E-state index contributed by atoms with van der Waals surface area (Å²) in [6.45, 7) is 8.27. The lowest BCUT2D eigenvalue weighted by molar-refractivity contribution is -0.165. The summed E-state index contributed by atoms with van der Waals surface area (Å²) < 4.78 is 5.62.